The van der Waals surface area contributed by atoms with Crippen LogP contribution in [0.2, 0.25) is 0 Å². The van der Waals surface area contributed by atoms with Crippen molar-refractivity contribution < 1.29 is 0 Å². The van der Waals surface area contributed by atoms with Gasteiger partial charge in [-0.3, -0.25) is 0 Å². The summed E-state index contributed by atoms with van der Waals surface area (Å²) in [5.74, 6) is 1.42. The quantitative estimate of drug-likeness (QED) is 0.885. The summed E-state index contributed by atoms with van der Waals surface area (Å²) in [5, 5.41) is 8.72. The van der Waals surface area contributed by atoms with Crippen molar-refractivity contribution in [3.8, 4) is 10.4 Å². The first-order chi connectivity index (χ1) is 8.92. The minimum absolute atomic E-state index is 0.700. The van der Waals surface area contributed by atoms with Gasteiger partial charge in [0.15, 0.2) is 0 Å². The molecule has 1 aliphatic heterocycles. The fourth-order valence-electron chi connectivity index (χ4n) is 2.11. The number of hydrogen-bond donors (Lipinski definition) is 2. The molecule has 2 N–H and O–H groups in total. The Labute approximate surface area is 110 Å². The minimum atomic E-state index is 0.700. The third-order valence-electron chi connectivity index (χ3n) is 3.17. The third kappa shape index (κ3) is 2.68. The highest BCUT2D eigenvalue weighted by Crippen LogP contribution is 2.23. The van der Waals surface area contributed by atoms with E-state index in [0.29, 0.717) is 5.92 Å². The van der Waals surface area contributed by atoms with Gasteiger partial charge in [0.25, 0.3) is 0 Å². The normalized spacial score (nSPS) is 19.0. The maximum atomic E-state index is 4.36. The molecular formula is C13H16N4S. The summed E-state index contributed by atoms with van der Waals surface area (Å²) in [7, 11) is 0. The van der Waals surface area contributed by atoms with E-state index in [9.17, 15) is 0 Å². The monoisotopic (exact) mass is 260 g/mol. The van der Waals surface area contributed by atoms with Crippen LogP contribution < -0.4 is 10.6 Å². The summed E-state index contributed by atoms with van der Waals surface area (Å²) in [6, 6.07) is 4.12. The van der Waals surface area contributed by atoms with E-state index in [2.05, 4.69) is 32.0 Å². The van der Waals surface area contributed by atoms with Crippen LogP contribution in [0, 0.1) is 5.92 Å². The van der Waals surface area contributed by atoms with Crippen LogP contribution in [0.3, 0.4) is 0 Å². The van der Waals surface area contributed by atoms with Crippen molar-refractivity contribution in [2.24, 2.45) is 5.92 Å². The number of nitrogens with zero attached hydrogens (tertiary/aromatic N) is 2. The van der Waals surface area contributed by atoms with Gasteiger partial charge in [0.1, 0.15) is 0 Å². The predicted octanol–water partition coefficient (Wildman–Crippen LogP) is 2.23. The molecule has 2 aromatic rings. The number of anilines is 1. The Morgan fingerprint density at radius 3 is 2.94 bits per heavy atom. The highest BCUT2D eigenvalue weighted by Gasteiger charge is 2.14. The van der Waals surface area contributed by atoms with E-state index in [1.165, 1.54) is 11.3 Å². The zero-order valence-electron chi connectivity index (χ0n) is 10.1. The number of hydrogen-bond acceptors (Lipinski definition) is 5. The van der Waals surface area contributed by atoms with Crippen LogP contribution in [0.15, 0.2) is 29.9 Å². The number of nitrogens with one attached hydrogen (secondary N) is 2. The summed E-state index contributed by atoms with van der Waals surface area (Å²) < 4.78 is 0. The van der Waals surface area contributed by atoms with Crippen molar-refractivity contribution in [2.45, 2.75) is 6.42 Å². The van der Waals surface area contributed by atoms with E-state index in [1.54, 1.807) is 11.3 Å². The fraction of sp³-hybridized carbons (Fsp3) is 0.385. The van der Waals surface area contributed by atoms with Gasteiger partial charge in [0, 0.05) is 29.4 Å². The molecule has 3 rings (SSSR count). The Balaban J connectivity index is 1.60. The first-order valence-electron chi connectivity index (χ1n) is 6.22. The molecular weight excluding hydrogens is 244 g/mol. The maximum Gasteiger partial charge on any atom is 0.222 e. The van der Waals surface area contributed by atoms with Crippen LogP contribution in [-0.2, 0) is 0 Å². The lowest BCUT2D eigenvalue weighted by atomic mass is 10.1. The maximum absolute atomic E-state index is 4.36. The fourth-order valence-corrected chi connectivity index (χ4v) is 2.82. The molecule has 0 bridgehead atoms. The van der Waals surface area contributed by atoms with Crippen molar-refractivity contribution in [2.75, 3.05) is 25.0 Å². The van der Waals surface area contributed by atoms with E-state index in [0.717, 1.165) is 31.1 Å². The van der Waals surface area contributed by atoms with Gasteiger partial charge in [0.2, 0.25) is 5.95 Å². The molecule has 2 aromatic heterocycles. The molecule has 5 heteroatoms. The van der Waals surface area contributed by atoms with Crippen LogP contribution in [0.4, 0.5) is 5.95 Å². The largest absolute Gasteiger partial charge is 0.354 e. The highest BCUT2D eigenvalue weighted by atomic mass is 32.1. The van der Waals surface area contributed by atoms with E-state index in [-0.39, 0.29) is 0 Å². The Morgan fingerprint density at radius 2 is 2.28 bits per heavy atom. The molecule has 0 radical (unpaired) electrons. The SMILES string of the molecule is c1csc(-c2cnc(NCC3CCNC3)nc2)c1. The van der Waals surface area contributed by atoms with Crippen molar-refractivity contribution in [3.05, 3.63) is 29.9 Å². The van der Waals surface area contributed by atoms with Gasteiger partial charge in [-0.1, -0.05) is 6.07 Å². The lowest BCUT2D eigenvalue weighted by Crippen LogP contribution is -2.18. The first kappa shape index (κ1) is 11.6. The van der Waals surface area contributed by atoms with Crippen molar-refractivity contribution in [1.29, 1.82) is 0 Å². The van der Waals surface area contributed by atoms with Crippen molar-refractivity contribution in [3.63, 3.8) is 0 Å². The van der Waals surface area contributed by atoms with Gasteiger partial charge < -0.3 is 10.6 Å². The van der Waals surface area contributed by atoms with E-state index >= 15 is 0 Å². The number of thiophene rings is 1. The summed E-state index contributed by atoms with van der Waals surface area (Å²) in [6.07, 6.45) is 5.00. The Morgan fingerprint density at radius 1 is 1.39 bits per heavy atom. The van der Waals surface area contributed by atoms with Gasteiger partial charge >= 0.3 is 0 Å². The Kier molecular flexibility index (Phi) is 3.52. The molecule has 1 fully saturated rings. The van der Waals surface area contributed by atoms with Crippen LogP contribution in [0.1, 0.15) is 6.42 Å². The van der Waals surface area contributed by atoms with Gasteiger partial charge in [-0.15, -0.1) is 11.3 Å². The zero-order valence-corrected chi connectivity index (χ0v) is 10.9. The molecule has 0 aromatic carbocycles. The average Bonchev–Trinajstić information content (AvgIpc) is 3.10. The molecule has 0 saturated carbocycles. The first-order valence-corrected chi connectivity index (χ1v) is 7.10. The topological polar surface area (TPSA) is 49.8 Å². The second kappa shape index (κ2) is 5.46. The van der Waals surface area contributed by atoms with E-state index in [1.807, 2.05) is 18.5 Å². The second-order valence-electron chi connectivity index (χ2n) is 4.51. The number of rotatable bonds is 4. The Hall–Kier alpha value is -1.46. The minimum Gasteiger partial charge on any atom is -0.354 e. The molecule has 0 amide bonds. The summed E-state index contributed by atoms with van der Waals surface area (Å²) in [4.78, 5) is 9.93. The smallest absolute Gasteiger partial charge is 0.222 e. The molecule has 0 aliphatic carbocycles. The van der Waals surface area contributed by atoms with E-state index in [4.69, 9.17) is 0 Å². The van der Waals surface area contributed by atoms with Crippen LogP contribution in [0.5, 0.6) is 0 Å². The Bertz CT molecular complexity index is 474. The van der Waals surface area contributed by atoms with Gasteiger partial charge in [0.05, 0.1) is 0 Å². The van der Waals surface area contributed by atoms with Crippen molar-refractivity contribution in [1.82, 2.24) is 15.3 Å². The second-order valence-corrected chi connectivity index (χ2v) is 5.46. The van der Waals surface area contributed by atoms with Gasteiger partial charge in [-0.25, -0.2) is 9.97 Å². The molecule has 18 heavy (non-hydrogen) atoms. The van der Waals surface area contributed by atoms with Crippen LogP contribution in [0.25, 0.3) is 10.4 Å². The summed E-state index contributed by atoms with van der Waals surface area (Å²) in [5.41, 5.74) is 1.08. The molecule has 1 saturated heterocycles. The standard InChI is InChI=1S/C13H16N4S/c1-2-12(18-5-1)11-8-16-13(17-9-11)15-7-10-3-4-14-6-10/h1-2,5,8-10,14H,3-4,6-7H2,(H,15,16,17). The molecule has 1 atom stereocenters. The van der Waals surface area contributed by atoms with Crippen LogP contribution >= 0.6 is 11.3 Å². The predicted molar refractivity (Wildman–Crippen MR) is 74.8 cm³/mol. The zero-order chi connectivity index (χ0) is 12.2. The molecule has 0 spiro atoms. The molecule has 1 aliphatic rings. The van der Waals surface area contributed by atoms with Gasteiger partial charge in [-0.2, -0.15) is 0 Å². The van der Waals surface area contributed by atoms with Crippen molar-refractivity contribution >= 4 is 17.3 Å². The average molecular weight is 260 g/mol. The van der Waals surface area contributed by atoms with Crippen LogP contribution in [-0.4, -0.2) is 29.6 Å². The van der Waals surface area contributed by atoms with Gasteiger partial charge in [-0.05, 0) is 36.9 Å². The molecule has 3 heterocycles. The number of aromatic nitrogens is 2. The molecule has 1 unspecified atom stereocenters. The summed E-state index contributed by atoms with van der Waals surface area (Å²) in [6.45, 7) is 3.18. The lowest BCUT2D eigenvalue weighted by Gasteiger charge is -2.09. The van der Waals surface area contributed by atoms with E-state index < -0.39 is 0 Å². The molecule has 4 nitrogen and oxygen atoms in total. The lowest BCUT2D eigenvalue weighted by molar-refractivity contribution is 0.613. The highest BCUT2D eigenvalue weighted by molar-refractivity contribution is 7.13. The third-order valence-corrected chi connectivity index (χ3v) is 4.09. The molecule has 94 valence electrons. The summed E-state index contributed by atoms with van der Waals surface area (Å²) >= 11 is 1.71.